The number of benzene rings is 1. The van der Waals surface area contributed by atoms with Gasteiger partial charge in [-0.25, -0.2) is 9.89 Å². The van der Waals surface area contributed by atoms with Crippen LogP contribution in [0.1, 0.15) is 49.0 Å². The summed E-state index contributed by atoms with van der Waals surface area (Å²) in [6, 6.07) is 2.70. The monoisotopic (exact) mass is 557 g/mol. The van der Waals surface area contributed by atoms with Crippen molar-refractivity contribution in [3.63, 3.8) is 0 Å². The number of carbonyl (C=O) groups is 2. The number of aliphatic hydroxyl groups is 2. The summed E-state index contributed by atoms with van der Waals surface area (Å²) in [6.07, 6.45) is 2.50. The third-order valence-electron chi connectivity index (χ3n) is 9.09. The van der Waals surface area contributed by atoms with Crippen LogP contribution in [-0.4, -0.2) is 100 Å². The number of rotatable bonds is 5. The molecular formula is C26H39N9O5+2. The van der Waals surface area contributed by atoms with Gasteiger partial charge < -0.3 is 30.9 Å². The molecule has 1 unspecified atom stereocenters. The first-order valence-electron chi connectivity index (χ1n) is 13.8. The van der Waals surface area contributed by atoms with Gasteiger partial charge in [-0.1, -0.05) is 26.0 Å². The highest BCUT2D eigenvalue weighted by Gasteiger charge is 2.78. The molecule has 0 aromatic heterocycles. The van der Waals surface area contributed by atoms with Gasteiger partial charge in [0.1, 0.15) is 17.8 Å². The quantitative estimate of drug-likeness (QED) is 0.123. The summed E-state index contributed by atoms with van der Waals surface area (Å²) in [6.45, 7) is 5.60. The molecule has 6 rings (SSSR count). The normalized spacial score (nSPS) is 33.0. The number of amides is 2. The van der Waals surface area contributed by atoms with E-state index in [0.717, 1.165) is 31.4 Å². The number of fused-ring (bicyclic) bond motifs is 1. The number of guanidine groups is 2. The predicted molar refractivity (Wildman–Crippen MR) is 143 cm³/mol. The number of para-hydroxylation sites is 1. The lowest BCUT2D eigenvalue weighted by Crippen LogP contribution is -2.92. The van der Waals surface area contributed by atoms with E-state index in [0.29, 0.717) is 17.9 Å². The SMILES string of the molecule is CC1(C)CCOc2c(C(=O)NC3C[N+]4=C(N)N[C@@H](CNC(=O)[C@H]5CCCN5)[C@@H]5[NH+]=C(N)N[C@@]54C3(O)O)cccc21. The maximum Gasteiger partial charge on any atom is 0.347 e. The fourth-order valence-corrected chi connectivity index (χ4v) is 6.84. The zero-order valence-corrected chi connectivity index (χ0v) is 22.7. The van der Waals surface area contributed by atoms with E-state index in [9.17, 15) is 19.8 Å². The minimum atomic E-state index is -2.53. The molecule has 1 spiro atoms. The highest BCUT2D eigenvalue weighted by Crippen LogP contribution is 2.41. The Morgan fingerprint density at radius 2 is 2.08 bits per heavy atom. The van der Waals surface area contributed by atoms with Crippen molar-refractivity contribution in [1.82, 2.24) is 26.6 Å². The van der Waals surface area contributed by atoms with Crippen LogP contribution in [0.2, 0.25) is 0 Å². The van der Waals surface area contributed by atoms with Crippen LogP contribution in [0, 0.1) is 0 Å². The molecule has 2 amide bonds. The number of hydrogen-bond donors (Lipinski definition) is 10. The molecule has 1 aromatic rings. The number of hydrogen-bond acceptors (Lipinski definition) is 10. The molecule has 40 heavy (non-hydrogen) atoms. The van der Waals surface area contributed by atoms with E-state index in [1.807, 2.05) is 6.07 Å². The molecule has 0 radical (unpaired) electrons. The molecule has 5 atom stereocenters. The molecule has 0 bridgehead atoms. The molecule has 12 N–H and O–H groups in total. The molecule has 5 heterocycles. The van der Waals surface area contributed by atoms with E-state index in [4.69, 9.17) is 16.2 Å². The predicted octanol–water partition coefficient (Wildman–Crippen LogP) is -5.23. The summed E-state index contributed by atoms with van der Waals surface area (Å²) in [5, 5.41) is 38.5. The van der Waals surface area contributed by atoms with Crippen molar-refractivity contribution in [2.75, 3.05) is 26.2 Å². The van der Waals surface area contributed by atoms with Crippen LogP contribution in [0.5, 0.6) is 5.75 Å². The largest absolute Gasteiger partial charge is 0.492 e. The molecule has 5 aliphatic heterocycles. The highest BCUT2D eigenvalue weighted by atomic mass is 16.5. The lowest BCUT2D eigenvalue weighted by Gasteiger charge is -2.41. The second-order valence-electron chi connectivity index (χ2n) is 12.0. The zero-order valence-electron chi connectivity index (χ0n) is 22.7. The summed E-state index contributed by atoms with van der Waals surface area (Å²) in [4.78, 5) is 29.3. The third kappa shape index (κ3) is 3.88. The van der Waals surface area contributed by atoms with Gasteiger partial charge in [0.25, 0.3) is 17.4 Å². The molecular weight excluding hydrogens is 518 g/mol. The Morgan fingerprint density at radius 1 is 1.27 bits per heavy atom. The summed E-state index contributed by atoms with van der Waals surface area (Å²) in [7, 11) is 0. The van der Waals surface area contributed by atoms with Crippen LogP contribution < -0.4 is 47.8 Å². The van der Waals surface area contributed by atoms with Gasteiger partial charge in [0, 0.05) is 5.56 Å². The van der Waals surface area contributed by atoms with Crippen molar-refractivity contribution in [2.24, 2.45) is 11.5 Å². The second-order valence-corrected chi connectivity index (χ2v) is 12.0. The van der Waals surface area contributed by atoms with Crippen molar-refractivity contribution < 1.29 is 34.1 Å². The Hall–Kier alpha value is -3.62. The Bertz CT molecular complexity index is 1310. The molecule has 5 aliphatic rings. The topological polar surface area (TPSA) is 213 Å². The molecule has 14 heteroatoms. The molecule has 1 aromatic carbocycles. The number of nitrogens with two attached hydrogens (primary N) is 2. The average Bonchev–Trinajstić information content (AvgIpc) is 3.61. The maximum atomic E-state index is 13.6. The van der Waals surface area contributed by atoms with Crippen LogP contribution in [0.3, 0.4) is 0 Å². The molecule has 216 valence electrons. The number of nitrogens with zero attached hydrogens (tertiary/aromatic N) is 1. The van der Waals surface area contributed by atoms with Crippen molar-refractivity contribution in [1.29, 1.82) is 0 Å². The first-order valence-corrected chi connectivity index (χ1v) is 13.8. The summed E-state index contributed by atoms with van der Waals surface area (Å²) in [5.74, 6) is -2.38. The van der Waals surface area contributed by atoms with Crippen molar-refractivity contribution >= 4 is 23.7 Å². The first kappa shape index (κ1) is 26.6. The van der Waals surface area contributed by atoms with E-state index in [-0.39, 0.29) is 42.4 Å². The molecule has 0 saturated carbocycles. The van der Waals surface area contributed by atoms with E-state index in [1.165, 1.54) is 0 Å². The van der Waals surface area contributed by atoms with Gasteiger partial charge in [-0.15, -0.1) is 0 Å². The van der Waals surface area contributed by atoms with E-state index in [2.05, 4.69) is 45.4 Å². The summed E-state index contributed by atoms with van der Waals surface area (Å²) >= 11 is 0. The first-order chi connectivity index (χ1) is 19.0. The Kier molecular flexibility index (Phi) is 6.12. The third-order valence-corrected chi connectivity index (χ3v) is 9.09. The molecule has 2 saturated heterocycles. The Labute approximate surface area is 231 Å². The minimum absolute atomic E-state index is 0.0253. The van der Waals surface area contributed by atoms with Crippen LogP contribution >= 0.6 is 0 Å². The van der Waals surface area contributed by atoms with Crippen LogP contribution in [-0.2, 0) is 10.2 Å². The van der Waals surface area contributed by atoms with Crippen LogP contribution in [0.15, 0.2) is 18.2 Å². The Morgan fingerprint density at radius 3 is 2.83 bits per heavy atom. The van der Waals surface area contributed by atoms with Crippen molar-refractivity contribution in [3.8, 4) is 5.75 Å². The van der Waals surface area contributed by atoms with Gasteiger partial charge in [-0.2, -0.15) is 0 Å². The number of carbonyl (C=O) groups excluding carboxylic acids is 2. The van der Waals surface area contributed by atoms with Gasteiger partial charge in [-0.05, 0) is 37.3 Å². The molecule has 14 nitrogen and oxygen atoms in total. The smallest absolute Gasteiger partial charge is 0.347 e. The molecule has 0 aliphatic carbocycles. The van der Waals surface area contributed by atoms with Gasteiger partial charge in [0.15, 0.2) is 6.04 Å². The van der Waals surface area contributed by atoms with Crippen LogP contribution in [0.4, 0.5) is 0 Å². The van der Waals surface area contributed by atoms with E-state index in [1.54, 1.807) is 16.7 Å². The van der Waals surface area contributed by atoms with Gasteiger partial charge in [0.05, 0.1) is 31.3 Å². The van der Waals surface area contributed by atoms with Crippen molar-refractivity contribution in [3.05, 3.63) is 29.3 Å². The average molecular weight is 558 g/mol. The van der Waals surface area contributed by atoms with Gasteiger partial charge in [-0.3, -0.25) is 31.4 Å². The highest BCUT2D eigenvalue weighted by molar-refractivity contribution is 5.98. The standard InChI is InChI=1S/C26H37N9O5/c1-24(2)8-10-40-18-13(5-3-6-14(18)24)20(36)32-17-12-35-23(28)31-16(11-30-21(37)15-7-4-9-29-15)19-25(35,26(17,38)39)34-22(27)33-19/h3,5-6,15-17,19,29,38-39H,4,7-12H2,1-2H3,(H7,27,28,30,31,32,33,34,36,37)/p+2/t15-,16+,17?,19+,25+/m1/s1. The zero-order chi connectivity index (χ0) is 28.4. The molecule has 2 fully saturated rings. The number of ether oxygens (including phenoxy) is 1. The lowest BCUT2D eigenvalue weighted by atomic mass is 9.79. The van der Waals surface area contributed by atoms with E-state index >= 15 is 0 Å². The van der Waals surface area contributed by atoms with Gasteiger partial charge in [0.2, 0.25) is 5.91 Å². The second kappa shape index (κ2) is 9.21. The fraction of sp³-hybridized carbons (Fsp3) is 0.615. The fourth-order valence-electron chi connectivity index (χ4n) is 6.84. The van der Waals surface area contributed by atoms with Crippen molar-refractivity contribution in [2.45, 2.75) is 74.1 Å². The Balaban J connectivity index is 1.26. The summed E-state index contributed by atoms with van der Waals surface area (Å²) < 4.78 is 7.47. The maximum absolute atomic E-state index is 13.6. The minimum Gasteiger partial charge on any atom is -0.492 e. The summed E-state index contributed by atoms with van der Waals surface area (Å²) in [5.41, 5.74) is 12.0. The van der Waals surface area contributed by atoms with Gasteiger partial charge >= 0.3 is 11.9 Å². The van der Waals surface area contributed by atoms with Crippen LogP contribution in [0.25, 0.3) is 0 Å². The lowest BCUT2D eigenvalue weighted by molar-refractivity contribution is -0.674. The number of nitrogens with one attached hydrogen (secondary N) is 6. The van der Waals surface area contributed by atoms with E-state index < -0.39 is 35.5 Å².